The molecule has 29 heavy (non-hydrogen) atoms. The fourth-order valence-electron chi connectivity index (χ4n) is 3.52. The van der Waals surface area contributed by atoms with Crippen molar-refractivity contribution in [2.24, 2.45) is 0 Å². The van der Waals surface area contributed by atoms with Gasteiger partial charge in [0.15, 0.2) is 7.26 Å². The fraction of sp³-hybridized carbons (Fsp3) is 0.125. The Morgan fingerprint density at radius 3 is 1.41 bits per heavy atom. The SMILES string of the molecule is CCOC(=O)/C(=C(\C)O)[P+](c1ccccc1)(c1ccccc1)c1ccccc1.[Br-]. The largest absolute Gasteiger partial charge is 1.00 e. The summed E-state index contributed by atoms with van der Waals surface area (Å²) < 4.78 is 5.41. The van der Waals surface area contributed by atoms with Gasteiger partial charge in [-0.25, -0.2) is 4.79 Å². The van der Waals surface area contributed by atoms with Crippen LogP contribution in [-0.4, -0.2) is 17.7 Å². The van der Waals surface area contributed by atoms with Crippen molar-refractivity contribution in [2.45, 2.75) is 13.8 Å². The molecular formula is C24H24BrO3P. The Hall–Kier alpha value is -2.42. The van der Waals surface area contributed by atoms with E-state index in [9.17, 15) is 9.90 Å². The van der Waals surface area contributed by atoms with E-state index in [0.29, 0.717) is 5.31 Å². The normalized spacial score (nSPS) is 11.8. The zero-order valence-electron chi connectivity index (χ0n) is 16.5. The van der Waals surface area contributed by atoms with Gasteiger partial charge in [-0.15, -0.1) is 0 Å². The molecule has 0 heterocycles. The van der Waals surface area contributed by atoms with Crippen molar-refractivity contribution in [2.75, 3.05) is 6.61 Å². The standard InChI is InChI=1S/C24H23O3P.BrH/c1-3-27-24(26)23(19(2)25)28(20-13-7-4-8-14-20,21-15-9-5-10-16-21)22-17-11-6-12-18-22;/h4-18H,3H2,1-2H3;1H. The molecule has 3 aromatic rings. The highest BCUT2D eigenvalue weighted by Crippen LogP contribution is 2.63. The molecule has 0 radical (unpaired) electrons. The van der Waals surface area contributed by atoms with Gasteiger partial charge >= 0.3 is 5.97 Å². The summed E-state index contributed by atoms with van der Waals surface area (Å²) in [6.07, 6.45) is 0. The van der Waals surface area contributed by atoms with Crippen LogP contribution in [-0.2, 0) is 9.53 Å². The molecule has 0 aliphatic rings. The van der Waals surface area contributed by atoms with E-state index in [1.165, 1.54) is 0 Å². The molecule has 0 saturated carbocycles. The van der Waals surface area contributed by atoms with Crippen LogP contribution in [0.4, 0.5) is 0 Å². The van der Waals surface area contributed by atoms with Crippen molar-refractivity contribution in [1.29, 1.82) is 0 Å². The first-order chi connectivity index (χ1) is 13.6. The van der Waals surface area contributed by atoms with Gasteiger partial charge in [-0.3, -0.25) is 0 Å². The molecule has 3 nitrogen and oxygen atoms in total. The third-order valence-electron chi connectivity index (χ3n) is 4.58. The lowest BCUT2D eigenvalue weighted by atomic mass is 10.3. The van der Waals surface area contributed by atoms with E-state index in [-0.39, 0.29) is 29.3 Å². The minimum atomic E-state index is -2.65. The average molecular weight is 471 g/mol. The molecule has 0 aromatic heterocycles. The molecule has 0 saturated heterocycles. The van der Waals surface area contributed by atoms with Crippen LogP contribution >= 0.6 is 7.26 Å². The summed E-state index contributed by atoms with van der Waals surface area (Å²) in [6.45, 7) is 3.58. The number of hydrogen-bond donors (Lipinski definition) is 1. The second-order valence-electron chi connectivity index (χ2n) is 6.33. The van der Waals surface area contributed by atoms with Gasteiger partial charge in [-0.05, 0) is 50.2 Å². The van der Waals surface area contributed by atoms with E-state index in [1.807, 2.05) is 91.0 Å². The summed E-state index contributed by atoms with van der Waals surface area (Å²) in [7, 11) is -2.65. The van der Waals surface area contributed by atoms with Crippen LogP contribution in [0, 0.1) is 0 Å². The Morgan fingerprint density at radius 1 is 0.793 bits per heavy atom. The summed E-state index contributed by atoms with van der Waals surface area (Å²) in [5.74, 6) is -0.490. The molecule has 0 aliphatic heterocycles. The summed E-state index contributed by atoms with van der Waals surface area (Å²) in [4.78, 5) is 13.1. The average Bonchev–Trinajstić information content (AvgIpc) is 2.73. The smallest absolute Gasteiger partial charge is 0.378 e. The molecule has 3 rings (SSSR count). The molecule has 0 fully saturated rings. The van der Waals surface area contributed by atoms with Gasteiger partial charge in [0, 0.05) is 0 Å². The van der Waals surface area contributed by atoms with Gasteiger partial charge < -0.3 is 26.8 Å². The topological polar surface area (TPSA) is 46.5 Å². The predicted octanol–water partition coefficient (Wildman–Crippen LogP) is 1.34. The van der Waals surface area contributed by atoms with E-state index >= 15 is 0 Å². The zero-order valence-corrected chi connectivity index (χ0v) is 18.9. The second-order valence-corrected chi connectivity index (χ2v) is 9.67. The van der Waals surface area contributed by atoms with Gasteiger partial charge in [0.2, 0.25) is 5.31 Å². The lowest BCUT2D eigenvalue weighted by Gasteiger charge is -2.28. The van der Waals surface area contributed by atoms with Crippen LogP contribution in [0.5, 0.6) is 0 Å². The molecule has 3 aromatic carbocycles. The lowest BCUT2D eigenvalue weighted by Crippen LogP contribution is -3.00. The van der Waals surface area contributed by atoms with Crippen molar-refractivity contribution in [3.05, 3.63) is 102 Å². The van der Waals surface area contributed by atoms with Crippen LogP contribution < -0.4 is 32.9 Å². The monoisotopic (exact) mass is 470 g/mol. The number of rotatable bonds is 6. The molecule has 0 atom stereocenters. The van der Waals surface area contributed by atoms with Gasteiger partial charge in [-0.2, -0.15) is 0 Å². The summed E-state index contributed by atoms with van der Waals surface area (Å²) in [5, 5.41) is 14.0. The Balaban J connectivity index is 0.00000300. The lowest BCUT2D eigenvalue weighted by molar-refractivity contribution is -0.137. The molecule has 0 spiro atoms. The van der Waals surface area contributed by atoms with Crippen LogP contribution in [0.2, 0.25) is 0 Å². The number of aliphatic hydroxyl groups excluding tert-OH is 1. The first-order valence-corrected chi connectivity index (χ1v) is 11.0. The van der Waals surface area contributed by atoms with Crippen LogP contribution in [0.25, 0.3) is 0 Å². The molecule has 0 bridgehead atoms. The van der Waals surface area contributed by atoms with Crippen molar-refractivity contribution in [1.82, 2.24) is 0 Å². The number of allylic oxidation sites excluding steroid dienone is 1. The van der Waals surface area contributed by atoms with E-state index in [1.54, 1.807) is 13.8 Å². The van der Waals surface area contributed by atoms with Gasteiger partial charge in [0.05, 0.1) is 6.61 Å². The quantitative estimate of drug-likeness (QED) is 0.256. The number of hydrogen-bond acceptors (Lipinski definition) is 3. The van der Waals surface area contributed by atoms with Gasteiger partial charge in [0.25, 0.3) is 0 Å². The highest BCUT2D eigenvalue weighted by molar-refractivity contribution is 7.99. The number of carbonyl (C=O) groups is 1. The first kappa shape index (κ1) is 22.9. The molecular weight excluding hydrogens is 447 g/mol. The summed E-state index contributed by atoms with van der Waals surface area (Å²) in [5.41, 5.74) is 0. The second kappa shape index (κ2) is 10.4. The van der Waals surface area contributed by atoms with Crippen LogP contribution in [0.15, 0.2) is 102 Å². The minimum Gasteiger partial charge on any atom is -1.00 e. The van der Waals surface area contributed by atoms with Crippen LogP contribution in [0.1, 0.15) is 13.8 Å². The number of aliphatic hydroxyl groups is 1. The third kappa shape index (κ3) is 4.44. The number of esters is 1. The maximum absolute atomic E-state index is 13.1. The number of ether oxygens (including phenoxy) is 1. The van der Waals surface area contributed by atoms with E-state index in [0.717, 1.165) is 15.9 Å². The van der Waals surface area contributed by atoms with Crippen molar-refractivity contribution in [3.63, 3.8) is 0 Å². The third-order valence-corrected chi connectivity index (χ3v) is 8.97. The van der Waals surface area contributed by atoms with E-state index in [4.69, 9.17) is 4.74 Å². The highest BCUT2D eigenvalue weighted by Gasteiger charge is 2.54. The van der Waals surface area contributed by atoms with E-state index in [2.05, 4.69) is 0 Å². The summed E-state index contributed by atoms with van der Waals surface area (Å²) >= 11 is 0. The van der Waals surface area contributed by atoms with Crippen molar-refractivity contribution >= 4 is 29.1 Å². The van der Waals surface area contributed by atoms with Gasteiger partial charge in [-0.1, -0.05) is 54.6 Å². The Bertz CT molecular complexity index is 857. The molecule has 5 heteroatoms. The Kier molecular flexibility index (Phi) is 8.19. The number of carbonyl (C=O) groups excluding carboxylic acids is 1. The highest BCUT2D eigenvalue weighted by atomic mass is 79.9. The Labute approximate surface area is 183 Å². The van der Waals surface area contributed by atoms with Gasteiger partial charge in [0.1, 0.15) is 21.7 Å². The molecule has 0 unspecified atom stereocenters. The molecule has 0 aliphatic carbocycles. The maximum atomic E-state index is 13.1. The molecule has 0 amide bonds. The number of benzene rings is 3. The first-order valence-electron chi connectivity index (χ1n) is 9.25. The minimum absolute atomic E-state index is 0. The maximum Gasteiger partial charge on any atom is 0.378 e. The van der Waals surface area contributed by atoms with Crippen molar-refractivity contribution < 1.29 is 31.6 Å². The molecule has 150 valence electrons. The van der Waals surface area contributed by atoms with E-state index < -0.39 is 13.2 Å². The number of halogens is 1. The summed E-state index contributed by atoms with van der Waals surface area (Å²) in [6, 6.07) is 29.8. The Morgan fingerprint density at radius 2 is 1.14 bits per heavy atom. The fourth-order valence-corrected chi connectivity index (χ4v) is 7.87. The molecule has 1 N–H and O–H groups in total. The predicted molar refractivity (Wildman–Crippen MR) is 117 cm³/mol. The van der Waals surface area contributed by atoms with Crippen molar-refractivity contribution in [3.8, 4) is 0 Å². The van der Waals surface area contributed by atoms with Crippen LogP contribution in [0.3, 0.4) is 0 Å². The zero-order chi connectivity index (χ0) is 20.0.